The molecule has 2 aliphatic heterocycles. The summed E-state index contributed by atoms with van der Waals surface area (Å²) in [6.45, 7) is 3.95. The normalized spacial score (nSPS) is 22.0. The van der Waals surface area contributed by atoms with Crippen LogP contribution < -0.4 is 9.47 Å². The lowest BCUT2D eigenvalue weighted by Crippen LogP contribution is -2.36. The van der Waals surface area contributed by atoms with E-state index in [0.717, 1.165) is 0 Å². The number of thiocarbonyl (C=S) groups is 1. The second-order valence-electron chi connectivity index (χ2n) is 5.92. The maximum absolute atomic E-state index is 13.1. The minimum absolute atomic E-state index is 0.0738. The molecule has 0 amide bonds. The summed E-state index contributed by atoms with van der Waals surface area (Å²) in [4.78, 5) is 6.23. The monoisotopic (exact) mass is 349 g/mol. The van der Waals surface area contributed by atoms with Crippen LogP contribution in [0.1, 0.15) is 19.4 Å². The highest BCUT2D eigenvalue weighted by molar-refractivity contribution is 7.80. The fourth-order valence-corrected chi connectivity index (χ4v) is 2.60. The molecule has 0 aromatic heterocycles. The van der Waals surface area contributed by atoms with Crippen LogP contribution in [0.2, 0.25) is 5.02 Å². The summed E-state index contributed by atoms with van der Waals surface area (Å²) in [5, 5.41) is 1.87. The van der Waals surface area contributed by atoms with Crippen molar-refractivity contribution in [3.63, 3.8) is 0 Å². The number of nitrogens with zero attached hydrogens (tertiary/aromatic N) is 1. The van der Waals surface area contributed by atoms with E-state index < -0.39 is 12.7 Å². The van der Waals surface area contributed by atoms with E-state index in [9.17, 15) is 8.78 Å². The zero-order chi connectivity index (χ0) is 16.1. The van der Waals surface area contributed by atoms with Crippen LogP contribution in [0, 0.1) is 5.41 Å². The lowest BCUT2D eigenvalue weighted by atomic mass is 9.96. The Bertz CT molecular complexity index is 639. The summed E-state index contributed by atoms with van der Waals surface area (Å²) in [5.41, 5.74) is 0.437. The summed E-state index contributed by atoms with van der Waals surface area (Å²) < 4.78 is 35.9. The predicted molar refractivity (Wildman–Crippen MR) is 80.4 cm³/mol. The van der Waals surface area contributed by atoms with Gasteiger partial charge in [0.15, 0.2) is 18.1 Å². The Balaban J connectivity index is 1.83. The molecule has 2 heterocycles. The van der Waals surface area contributed by atoms with Crippen LogP contribution in [-0.4, -0.2) is 29.4 Å². The second kappa shape index (κ2) is 5.18. The number of rotatable bonds is 2. The van der Waals surface area contributed by atoms with Crippen LogP contribution in [0.15, 0.2) is 12.1 Å². The van der Waals surface area contributed by atoms with Gasteiger partial charge in [0.2, 0.25) is 0 Å². The van der Waals surface area contributed by atoms with E-state index in [1.807, 2.05) is 13.8 Å². The van der Waals surface area contributed by atoms with Gasteiger partial charge in [0.05, 0.1) is 13.2 Å². The molecule has 4 nitrogen and oxygen atoms in total. The average Bonchev–Trinajstić information content (AvgIpc) is 2.66. The molecule has 1 saturated heterocycles. The maximum Gasteiger partial charge on any atom is 0.433 e. The fraction of sp³-hybridized carbons (Fsp3) is 0.500. The van der Waals surface area contributed by atoms with Crippen molar-refractivity contribution in [3.05, 3.63) is 22.7 Å². The topological polar surface area (TPSA) is 30.9 Å². The lowest BCUT2D eigenvalue weighted by molar-refractivity contribution is -0.208. The third kappa shape index (κ3) is 2.85. The molecule has 0 bridgehead atoms. The minimum atomic E-state index is -3.35. The molecule has 0 spiro atoms. The zero-order valence-corrected chi connectivity index (χ0v) is 13.6. The number of alkyl halides is 2. The molecule has 1 aromatic rings. The summed E-state index contributed by atoms with van der Waals surface area (Å²) in [7, 11) is 0. The van der Waals surface area contributed by atoms with Gasteiger partial charge in [0.1, 0.15) is 4.99 Å². The van der Waals surface area contributed by atoms with E-state index >= 15 is 0 Å². The van der Waals surface area contributed by atoms with Crippen molar-refractivity contribution in [1.82, 2.24) is 5.06 Å². The molecule has 0 unspecified atom stereocenters. The highest BCUT2D eigenvalue weighted by atomic mass is 35.5. The first-order valence-corrected chi connectivity index (χ1v) is 7.43. The third-order valence-corrected chi connectivity index (χ3v) is 4.58. The third-order valence-electron chi connectivity index (χ3n) is 3.47. The average molecular weight is 350 g/mol. The van der Waals surface area contributed by atoms with E-state index in [-0.39, 0.29) is 21.9 Å². The Kier molecular flexibility index (Phi) is 3.70. The van der Waals surface area contributed by atoms with Crippen molar-refractivity contribution < 1.29 is 23.1 Å². The number of hydroxylamine groups is 2. The van der Waals surface area contributed by atoms with Crippen molar-refractivity contribution in [2.75, 3.05) is 13.2 Å². The highest BCUT2D eigenvalue weighted by Crippen LogP contribution is 2.41. The van der Waals surface area contributed by atoms with E-state index in [4.69, 9.17) is 33.4 Å². The van der Waals surface area contributed by atoms with E-state index in [2.05, 4.69) is 4.74 Å². The Morgan fingerprint density at radius 2 is 2.00 bits per heavy atom. The lowest BCUT2D eigenvalue weighted by Gasteiger charge is -2.27. The van der Waals surface area contributed by atoms with Gasteiger partial charge in [-0.1, -0.05) is 37.7 Å². The van der Waals surface area contributed by atoms with Gasteiger partial charge in [0, 0.05) is 16.5 Å². The van der Waals surface area contributed by atoms with Crippen molar-refractivity contribution in [1.29, 1.82) is 0 Å². The number of halogens is 3. The quantitative estimate of drug-likeness (QED) is 0.758. The van der Waals surface area contributed by atoms with Gasteiger partial charge in [-0.3, -0.25) is 4.84 Å². The van der Waals surface area contributed by atoms with E-state index in [1.54, 1.807) is 11.1 Å². The number of fused-ring (bicyclic) bond motifs is 1. The van der Waals surface area contributed by atoms with Gasteiger partial charge in [-0.15, -0.1) is 0 Å². The molecule has 0 saturated carbocycles. The van der Waals surface area contributed by atoms with Crippen LogP contribution in [-0.2, 0) is 11.4 Å². The summed E-state index contributed by atoms with van der Waals surface area (Å²) >= 11 is 11.5. The minimum Gasteiger partial charge on any atom is -0.479 e. The summed E-state index contributed by atoms with van der Waals surface area (Å²) in [5.74, 6) is 0.157. The van der Waals surface area contributed by atoms with Crippen LogP contribution in [0.25, 0.3) is 0 Å². The van der Waals surface area contributed by atoms with Crippen molar-refractivity contribution >= 4 is 28.8 Å². The fourth-order valence-electron chi connectivity index (χ4n) is 2.21. The van der Waals surface area contributed by atoms with Gasteiger partial charge in [-0.05, 0) is 11.6 Å². The molecular formula is C14H14ClF2NO3S. The van der Waals surface area contributed by atoms with E-state index in [1.165, 1.54) is 6.07 Å². The van der Waals surface area contributed by atoms with Crippen molar-refractivity contribution in [3.8, 4) is 11.5 Å². The number of hydrogen-bond donors (Lipinski definition) is 0. The molecule has 22 heavy (non-hydrogen) atoms. The van der Waals surface area contributed by atoms with Crippen LogP contribution in [0.4, 0.5) is 8.78 Å². The molecule has 2 aliphatic rings. The Hall–Kier alpha value is -1.18. The molecule has 3 rings (SSSR count). The maximum atomic E-state index is 13.1. The molecular weight excluding hydrogens is 336 g/mol. The molecule has 0 atom stereocenters. The second-order valence-corrected chi connectivity index (χ2v) is 6.71. The summed E-state index contributed by atoms with van der Waals surface area (Å²) in [6.07, 6.45) is -3.35. The first kappa shape index (κ1) is 15.7. The number of benzene rings is 1. The zero-order valence-electron chi connectivity index (χ0n) is 12.0. The molecule has 0 radical (unpaired) electrons. The van der Waals surface area contributed by atoms with Gasteiger partial charge in [-0.25, -0.2) is 5.06 Å². The smallest absolute Gasteiger partial charge is 0.433 e. The first-order valence-electron chi connectivity index (χ1n) is 6.65. The predicted octanol–water partition coefficient (Wildman–Crippen LogP) is 3.80. The number of ether oxygens (including phenoxy) is 2. The first-order chi connectivity index (χ1) is 10.2. The standard InChI is InChI=1S/C14H14ClF2NO3S/c1-13(2)6-20-18(12(13)22)5-8-3-10-11(4-9(8)15)21-14(16,17)7-19-10/h3-4H,5-7H2,1-2H3. The van der Waals surface area contributed by atoms with Crippen LogP contribution >= 0.6 is 23.8 Å². The largest absolute Gasteiger partial charge is 0.479 e. The molecule has 0 N–H and O–H groups in total. The number of hydrogen-bond acceptors (Lipinski definition) is 4. The van der Waals surface area contributed by atoms with E-state index in [0.29, 0.717) is 23.7 Å². The van der Waals surface area contributed by atoms with Gasteiger partial charge in [-0.2, -0.15) is 8.78 Å². The van der Waals surface area contributed by atoms with Crippen LogP contribution in [0.3, 0.4) is 0 Å². The van der Waals surface area contributed by atoms with Gasteiger partial charge in [0.25, 0.3) is 0 Å². The molecule has 1 aromatic carbocycles. The SMILES string of the molecule is CC1(C)CON(Cc2cc3c(cc2Cl)OC(F)(F)CO3)C1=S. The molecule has 120 valence electrons. The van der Waals surface area contributed by atoms with Gasteiger partial charge < -0.3 is 9.47 Å². The van der Waals surface area contributed by atoms with Crippen LogP contribution in [0.5, 0.6) is 11.5 Å². The van der Waals surface area contributed by atoms with Gasteiger partial charge >= 0.3 is 6.11 Å². The molecule has 1 fully saturated rings. The summed E-state index contributed by atoms with van der Waals surface area (Å²) in [6, 6.07) is 2.90. The highest BCUT2D eigenvalue weighted by Gasteiger charge is 2.39. The Morgan fingerprint density at radius 1 is 1.27 bits per heavy atom. The van der Waals surface area contributed by atoms with Crippen molar-refractivity contribution in [2.24, 2.45) is 5.41 Å². The molecule has 0 aliphatic carbocycles. The Morgan fingerprint density at radius 3 is 2.64 bits per heavy atom. The Labute approximate surface area is 136 Å². The molecule has 8 heteroatoms. The van der Waals surface area contributed by atoms with Crippen molar-refractivity contribution in [2.45, 2.75) is 26.5 Å².